The minimum atomic E-state index is -0.209. The van der Waals surface area contributed by atoms with Crippen LogP contribution in [0.15, 0.2) is 54.6 Å². The van der Waals surface area contributed by atoms with Crippen LogP contribution >= 0.6 is 11.6 Å². The number of hydrogen-bond donors (Lipinski definition) is 0. The van der Waals surface area contributed by atoms with E-state index < -0.39 is 0 Å². The van der Waals surface area contributed by atoms with Crippen LogP contribution in [0.5, 0.6) is 0 Å². The van der Waals surface area contributed by atoms with Crippen molar-refractivity contribution in [1.82, 2.24) is 4.90 Å². The van der Waals surface area contributed by atoms with Gasteiger partial charge in [-0.25, -0.2) is 0 Å². The maximum absolute atomic E-state index is 12.4. The number of benzene rings is 2. The Bertz CT molecular complexity index is 855. The molecule has 0 spiro atoms. The minimum Gasteiger partial charge on any atom is -0.466 e. The first-order chi connectivity index (χ1) is 14.0. The van der Waals surface area contributed by atoms with E-state index >= 15 is 0 Å². The molecule has 0 atom stereocenters. The van der Waals surface area contributed by atoms with Crippen molar-refractivity contribution < 1.29 is 14.3 Å². The smallest absolute Gasteiger partial charge is 0.310 e. The van der Waals surface area contributed by atoms with Gasteiger partial charge in [-0.3, -0.25) is 9.59 Å². The van der Waals surface area contributed by atoms with Gasteiger partial charge in [0.25, 0.3) is 0 Å². The largest absolute Gasteiger partial charge is 0.466 e. The van der Waals surface area contributed by atoms with Crippen molar-refractivity contribution in [2.24, 2.45) is 0 Å². The normalized spacial score (nSPS) is 14.3. The summed E-state index contributed by atoms with van der Waals surface area (Å²) in [5.74, 6) is -0.191. The van der Waals surface area contributed by atoms with Gasteiger partial charge in [0.2, 0.25) is 5.91 Å². The molecule has 152 valence electrons. The first-order valence-electron chi connectivity index (χ1n) is 9.77. The van der Waals surface area contributed by atoms with Crippen LogP contribution in [0.25, 0.3) is 6.08 Å². The standard InChI is InChI=1S/C23H25ClN2O3/c1-2-29-23(28)17-19-5-10-21(11-6-19)25-13-15-26(16-14-25)22(27)12-7-18-3-8-20(24)9-4-18/h3-12H,2,13-17H2,1H3/b12-7+. The fourth-order valence-corrected chi connectivity index (χ4v) is 3.36. The fourth-order valence-electron chi connectivity index (χ4n) is 3.24. The van der Waals surface area contributed by atoms with E-state index in [1.807, 2.05) is 59.5 Å². The van der Waals surface area contributed by atoms with Gasteiger partial charge in [0.1, 0.15) is 0 Å². The zero-order chi connectivity index (χ0) is 20.6. The molecule has 1 aliphatic rings. The first-order valence-corrected chi connectivity index (χ1v) is 10.1. The summed E-state index contributed by atoms with van der Waals surface area (Å²) in [7, 11) is 0. The van der Waals surface area contributed by atoms with E-state index in [0.717, 1.165) is 29.9 Å². The van der Waals surface area contributed by atoms with Crippen molar-refractivity contribution in [2.75, 3.05) is 37.7 Å². The minimum absolute atomic E-state index is 0.0179. The second kappa shape index (κ2) is 10.1. The van der Waals surface area contributed by atoms with Crippen LogP contribution in [-0.2, 0) is 20.7 Å². The summed E-state index contributed by atoms with van der Waals surface area (Å²) in [6, 6.07) is 15.3. The van der Waals surface area contributed by atoms with E-state index in [2.05, 4.69) is 4.90 Å². The van der Waals surface area contributed by atoms with E-state index in [4.69, 9.17) is 16.3 Å². The highest BCUT2D eigenvalue weighted by molar-refractivity contribution is 6.30. The van der Waals surface area contributed by atoms with Crippen molar-refractivity contribution in [3.63, 3.8) is 0 Å². The number of hydrogen-bond acceptors (Lipinski definition) is 4. The Balaban J connectivity index is 1.50. The van der Waals surface area contributed by atoms with Crippen LogP contribution in [0.3, 0.4) is 0 Å². The molecular formula is C23H25ClN2O3. The molecule has 0 aromatic heterocycles. The van der Waals surface area contributed by atoms with Gasteiger partial charge >= 0.3 is 5.97 Å². The highest BCUT2D eigenvalue weighted by Gasteiger charge is 2.20. The highest BCUT2D eigenvalue weighted by atomic mass is 35.5. The number of piperazine rings is 1. The van der Waals surface area contributed by atoms with E-state index in [1.54, 1.807) is 13.0 Å². The van der Waals surface area contributed by atoms with Gasteiger partial charge in [0.15, 0.2) is 0 Å². The van der Waals surface area contributed by atoms with Crippen molar-refractivity contribution >= 4 is 35.2 Å². The van der Waals surface area contributed by atoms with E-state index in [-0.39, 0.29) is 18.3 Å². The van der Waals surface area contributed by atoms with Gasteiger partial charge in [-0.05, 0) is 48.4 Å². The number of ether oxygens (including phenoxy) is 1. The Labute approximate surface area is 176 Å². The summed E-state index contributed by atoms with van der Waals surface area (Å²) in [5.41, 5.74) is 2.99. The summed E-state index contributed by atoms with van der Waals surface area (Å²) >= 11 is 5.88. The van der Waals surface area contributed by atoms with Gasteiger partial charge in [-0.2, -0.15) is 0 Å². The Morgan fingerprint density at radius 1 is 1.00 bits per heavy atom. The summed E-state index contributed by atoms with van der Waals surface area (Å²) in [5, 5.41) is 0.679. The summed E-state index contributed by atoms with van der Waals surface area (Å²) in [4.78, 5) is 28.1. The lowest BCUT2D eigenvalue weighted by molar-refractivity contribution is -0.142. The molecule has 2 aromatic rings. The zero-order valence-electron chi connectivity index (χ0n) is 16.5. The van der Waals surface area contributed by atoms with E-state index in [0.29, 0.717) is 24.7 Å². The monoisotopic (exact) mass is 412 g/mol. The van der Waals surface area contributed by atoms with Crippen LogP contribution in [0.4, 0.5) is 5.69 Å². The number of halogens is 1. The third-order valence-electron chi connectivity index (χ3n) is 4.83. The number of amides is 1. The van der Waals surface area contributed by atoms with Crippen LogP contribution in [-0.4, -0.2) is 49.6 Å². The number of anilines is 1. The van der Waals surface area contributed by atoms with E-state index in [9.17, 15) is 9.59 Å². The second-order valence-electron chi connectivity index (χ2n) is 6.85. The van der Waals surface area contributed by atoms with Gasteiger partial charge in [0.05, 0.1) is 13.0 Å². The topological polar surface area (TPSA) is 49.9 Å². The molecule has 0 N–H and O–H groups in total. The molecule has 1 aliphatic heterocycles. The Hall–Kier alpha value is -2.79. The lowest BCUT2D eigenvalue weighted by atomic mass is 10.1. The summed E-state index contributed by atoms with van der Waals surface area (Å²) in [6.07, 6.45) is 3.72. The molecule has 0 unspecified atom stereocenters. The number of esters is 1. The Morgan fingerprint density at radius 2 is 1.66 bits per heavy atom. The molecule has 1 saturated heterocycles. The molecule has 0 bridgehead atoms. The maximum Gasteiger partial charge on any atom is 0.310 e. The van der Waals surface area contributed by atoms with Gasteiger partial charge in [-0.1, -0.05) is 35.9 Å². The average molecular weight is 413 g/mol. The van der Waals surface area contributed by atoms with Crippen molar-refractivity contribution in [1.29, 1.82) is 0 Å². The molecule has 1 amide bonds. The van der Waals surface area contributed by atoms with Crippen LogP contribution in [0.2, 0.25) is 5.02 Å². The van der Waals surface area contributed by atoms with Crippen molar-refractivity contribution in [3.8, 4) is 0 Å². The SMILES string of the molecule is CCOC(=O)Cc1ccc(N2CCN(C(=O)/C=C/c3ccc(Cl)cc3)CC2)cc1. The molecule has 0 radical (unpaired) electrons. The predicted molar refractivity (Wildman–Crippen MR) is 116 cm³/mol. The van der Waals surface area contributed by atoms with Gasteiger partial charge in [0, 0.05) is 43.0 Å². The number of carbonyl (C=O) groups is 2. The van der Waals surface area contributed by atoms with Crippen molar-refractivity contribution in [2.45, 2.75) is 13.3 Å². The molecular weight excluding hydrogens is 388 g/mol. The molecule has 0 aliphatic carbocycles. The second-order valence-corrected chi connectivity index (χ2v) is 7.28. The summed E-state index contributed by atoms with van der Waals surface area (Å²) < 4.78 is 4.98. The molecule has 0 saturated carbocycles. The average Bonchev–Trinajstić information content (AvgIpc) is 2.74. The molecule has 3 rings (SSSR count). The molecule has 6 heteroatoms. The maximum atomic E-state index is 12.4. The number of nitrogens with zero attached hydrogens (tertiary/aromatic N) is 2. The zero-order valence-corrected chi connectivity index (χ0v) is 17.3. The van der Waals surface area contributed by atoms with Crippen LogP contribution < -0.4 is 4.90 Å². The fraction of sp³-hybridized carbons (Fsp3) is 0.304. The molecule has 5 nitrogen and oxygen atoms in total. The lowest BCUT2D eigenvalue weighted by Crippen LogP contribution is -2.48. The Morgan fingerprint density at radius 3 is 2.28 bits per heavy atom. The predicted octanol–water partition coefficient (Wildman–Crippen LogP) is 3.81. The lowest BCUT2D eigenvalue weighted by Gasteiger charge is -2.35. The molecule has 2 aromatic carbocycles. The number of carbonyl (C=O) groups excluding carboxylic acids is 2. The highest BCUT2D eigenvalue weighted by Crippen LogP contribution is 2.18. The quantitative estimate of drug-likeness (QED) is 0.534. The first kappa shape index (κ1) is 20.9. The van der Waals surface area contributed by atoms with Gasteiger partial charge < -0.3 is 14.5 Å². The molecule has 1 heterocycles. The third-order valence-corrected chi connectivity index (χ3v) is 5.09. The summed E-state index contributed by atoms with van der Waals surface area (Å²) in [6.45, 7) is 5.10. The number of rotatable bonds is 6. The van der Waals surface area contributed by atoms with Gasteiger partial charge in [-0.15, -0.1) is 0 Å². The van der Waals surface area contributed by atoms with Crippen LogP contribution in [0, 0.1) is 0 Å². The van der Waals surface area contributed by atoms with Crippen molar-refractivity contribution in [3.05, 3.63) is 70.8 Å². The molecule has 29 heavy (non-hydrogen) atoms. The third kappa shape index (κ3) is 6.09. The Kier molecular flexibility index (Phi) is 7.30. The molecule has 1 fully saturated rings. The van der Waals surface area contributed by atoms with E-state index in [1.165, 1.54) is 0 Å². The van der Waals surface area contributed by atoms with Crippen LogP contribution in [0.1, 0.15) is 18.1 Å².